The summed E-state index contributed by atoms with van der Waals surface area (Å²) in [4.78, 5) is 0. The van der Waals surface area contributed by atoms with Gasteiger partial charge in [-0.2, -0.15) is 0 Å². The molecule has 0 atom stereocenters. The Labute approximate surface area is 100 Å². The Bertz CT molecular complexity index is 348. The highest BCUT2D eigenvalue weighted by atomic mass is 35.5. The molecule has 1 aliphatic heterocycles. The molecule has 1 aromatic carbocycles. The Morgan fingerprint density at radius 3 is 2.88 bits per heavy atom. The Morgan fingerprint density at radius 1 is 1.38 bits per heavy atom. The van der Waals surface area contributed by atoms with Crippen LogP contribution < -0.4 is 4.74 Å². The Kier molecular flexibility index (Phi) is 4.04. The predicted octanol–water partition coefficient (Wildman–Crippen LogP) is 2.79. The number of benzene rings is 1. The summed E-state index contributed by atoms with van der Waals surface area (Å²) < 4.78 is 16.2. The molecule has 0 radical (unpaired) electrons. The largest absolute Gasteiger partial charge is 0.492 e. The van der Waals surface area contributed by atoms with Gasteiger partial charge < -0.3 is 14.2 Å². The Hall–Kier alpha value is -0.770. The highest BCUT2D eigenvalue weighted by Crippen LogP contribution is 2.25. The van der Waals surface area contributed by atoms with Crippen LogP contribution in [0.1, 0.15) is 12.0 Å². The van der Waals surface area contributed by atoms with Gasteiger partial charge in [-0.3, -0.25) is 0 Å². The van der Waals surface area contributed by atoms with E-state index in [9.17, 15) is 0 Å². The number of hydrogen-bond donors (Lipinski definition) is 0. The minimum atomic E-state index is -0.122. The van der Waals surface area contributed by atoms with Crippen LogP contribution in [0.4, 0.5) is 0 Å². The van der Waals surface area contributed by atoms with E-state index in [0.717, 1.165) is 17.7 Å². The second kappa shape index (κ2) is 5.53. The van der Waals surface area contributed by atoms with E-state index < -0.39 is 0 Å². The summed E-state index contributed by atoms with van der Waals surface area (Å²) in [5, 5.41) is 0.638. The van der Waals surface area contributed by atoms with Crippen LogP contribution in [-0.4, -0.2) is 26.1 Å². The first-order chi connectivity index (χ1) is 7.75. The fourth-order valence-corrected chi connectivity index (χ4v) is 1.73. The zero-order valence-corrected chi connectivity index (χ0v) is 10.00. The zero-order chi connectivity index (χ0) is 11.4. The van der Waals surface area contributed by atoms with Gasteiger partial charge in [0.05, 0.1) is 24.8 Å². The number of ether oxygens (including phenoxy) is 3. The van der Waals surface area contributed by atoms with Crippen molar-refractivity contribution < 1.29 is 14.2 Å². The molecule has 0 unspecified atom stereocenters. The molecule has 1 heterocycles. The summed E-state index contributed by atoms with van der Waals surface area (Å²) in [5.74, 6) is 0.722. The standard InChI is InChI=1S/C12H15ClO3/c1-9-2-3-10(13)11(8-9)14-5-4-12-15-6-7-16-12/h2-3,8,12H,4-7H2,1H3. The molecule has 4 heteroatoms. The maximum absolute atomic E-state index is 6.00. The summed E-state index contributed by atoms with van der Waals surface area (Å²) in [6, 6.07) is 5.73. The van der Waals surface area contributed by atoms with Crippen LogP contribution in [0.15, 0.2) is 18.2 Å². The second-order valence-electron chi connectivity index (χ2n) is 3.74. The lowest BCUT2D eigenvalue weighted by atomic mass is 10.2. The number of rotatable bonds is 4. The summed E-state index contributed by atoms with van der Waals surface area (Å²) in [6.07, 6.45) is 0.605. The van der Waals surface area contributed by atoms with Gasteiger partial charge in [-0.1, -0.05) is 17.7 Å². The quantitative estimate of drug-likeness (QED) is 0.813. The maximum atomic E-state index is 6.00. The van der Waals surface area contributed by atoms with Crippen molar-refractivity contribution in [3.63, 3.8) is 0 Å². The molecular weight excluding hydrogens is 228 g/mol. The fraction of sp³-hybridized carbons (Fsp3) is 0.500. The van der Waals surface area contributed by atoms with Crippen LogP contribution in [0.25, 0.3) is 0 Å². The summed E-state index contributed by atoms with van der Waals surface area (Å²) in [5.41, 5.74) is 1.13. The fourth-order valence-electron chi connectivity index (χ4n) is 1.56. The van der Waals surface area contributed by atoms with E-state index in [4.69, 9.17) is 25.8 Å². The topological polar surface area (TPSA) is 27.7 Å². The van der Waals surface area contributed by atoms with Gasteiger partial charge in [0.1, 0.15) is 5.75 Å². The molecule has 0 N–H and O–H groups in total. The van der Waals surface area contributed by atoms with E-state index in [-0.39, 0.29) is 6.29 Å². The molecule has 1 aromatic rings. The Balaban J connectivity index is 1.82. The molecule has 88 valence electrons. The van der Waals surface area contributed by atoms with Crippen molar-refractivity contribution in [2.45, 2.75) is 19.6 Å². The SMILES string of the molecule is Cc1ccc(Cl)c(OCCC2OCCO2)c1. The molecule has 1 saturated heterocycles. The first-order valence-electron chi connectivity index (χ1n) is 5.38. The minimum Gasteiger partial charge on any atom is -0.492 e. The van der Waals surface area contributed by atoms with Crippen LogP contribution in [0, 0.1) is 6.92 Å². The highest BCUT2D eigenvalue weighted by molar-refractivity contribution is 6.32. The van der Waals surface area contributed by atoms with Crippen molar-refractivity contribution >= 4 is 11.6 Å². The van der Waals surface area contributed by atoms with Crippen LogP contribution in [0.5, 0.6) is 5.75 Å². The van der Waals surface area contributed by atoms with E-state index in [1.54, 1.807) is 0 Å². The molecule has 3 nitrogen and oxygen atoms in total. The number of hydrogen-bond acceptors (Lipinski definition) is 3. The molecule has 16 heavy (non-hydrogen) atoms. The molecule has 0 spiro atoms. The Morgan fingerprint density at radius 2 is 2.12 bits per heavy atom. The lowest BCUT2D eigenvalue weighted by Gasteiger charge is -2.11. The molecule has 2 rings (SSSR count). The van der Waals surface area contributed by atoms with E-state index in [2.05, 4.69) is 0 Å². The first-order valence-corrected chi connectivity index (χ1v) is 5.75. The van der Waals surface area contributed by atoms with Crippen molar-refractivity contribution in [2.24, 2.45) is 0 Å². The van der Waals surface area contributed by atoms with Gasteiger partial charge in [0.25, 0.3) is 0 Å². The predicted molar refractivity (Wildman–Crippen MR) is 62.0 cm³/mol. The summed E-state index contributed by atoms with van der Waals surface area (Å²) in [7, 11) is 0. The normalized spacial score (nSPS) is 16.6. The van der Waals surface area contributed by atoms with Gasteiger partial charge in [-0.25, -0.2) is 0 Å². The van der Waals surface area contributed by atoms with Crippen LogP contribution in [0.3, 0.4) is 0 Å². The van der Waals surface area contributed by atoms with Crippen molar-refractivity contribution in [3.8, 4) is 5.75 Å². The summed E-state index contributed by atoms with van der Waals surface area (Å²) in [6.45, 7) is 3.91. The third kappa shape index (κ3) is 3.11. The third-order valence-corrected chi connectivity index (χ3v) is 2.70. The lowest BCUT2D eigenvalue weighted by Crippen LogP contribution is -2.12. The lowest BCUT2D eigenvalue weighted by molar-refractivity contribution is -0.0531. The molecule has 0 aliphatic carbocycles. The van der Waals surface area contributed by atoms with E-state index in [0.29, 0.717) is 24.8 Å². The highest BCUT2D eigenvalue weighted by Gasteiger charge is 2.15. The van der Waals surface area contributed by atoms with Gasteiger partial charge in [0, 0.05) is 6.42 Å². The van der Waals surface area contributed by atoms with Crippen LogP contribution >= 0.6 is 11.6 Å². The van der Waals surface area contributed by atoms with Crippen molar-refractivity contribution in [2.75, 3.05) is 19.8 Å². The number of halogens is 1. The van der Waals surface area contributed by atoms with Gasteiger partial charge >= 0.3 is 0 Å². The maximum Gasteiger partial charge on any atom is 0.161 e. The summed E-state index contributed by atoms with van der Waals surface area (Å²) >= 11 is 6.00. The second-order valence-corrected chi connectivity index (χ2v) is 4.15. The van der Waals surface area contributed by atoms with Crippen molar-refractivity contribution in [3.05, 3.63) is 28.8 Å². The van der Waals surface area contributed by atoms with Gasteiger partial charge in [-0.15, -0.1) is 0 Å². The molecule has 0 aromatic heterocycles. The van der Waals surface area contributed by atoms with E-state index in [1.807, 2.05) is 25.1 Å². The molecule has 0 amide bonds. The van der Waals surface area contributed by atoms with Crippen molar-refractivity contribution in [1.82, 2.24) is 0 Å². The average molecular weight is 243 g/mol. The van der Waals surface area contributed by atoms with Crippen molar-refractivity contribution in [1.29, 1.82) is 0 Å². The van der Waals surface area contributed by atoms with Crippen LogP contribution in [-0.2, 0) is 9.47 Å². The molecular formula is C12H15ClO3. The minimum absolute atomic E-state index is 0.122. The average Bonchev–Trinajstić information content (AvgIpc) is 2.76. The van der Waals surface area contributed by atoms with E-state index >= 15 is 0 Å². The molecule has 1 aliphatic rings. The smallest absolute Gasteiger partial charge is 0.161 e. The van der Waals surface area contributed by atoms with Gasteiger partial charge in [0.2, 0.25) is 0 Å². The van der Waals surface area contributed by atoms with E-state index in [1.165, 1.54) is 0 Å². The molecule has 1 fully saturated rings. The number of aryl methyl sites for hydroxylation is 1. The zero-order valence-electron chi connectivity index (χ0n) is 9.24. The molecule has 0 saturated carbocycles. The van der Waals surface area contributed by atoms with Gasteiger partial charge in [-0.05, 0) is 24.6 Å². The van der Waals surface area contributed by atoms with Crippen LogP contribution in [0.2, 0.25) is 5.02 Å². The monoisotopic (exact) mass is 242 g/mol. The van der Waals surface area contributed by atoms with Gasteiger partial charge in [0.15, 0.2) is 6.29 Å². The molecule has 0 bridgehead atoms. The first kappa shape index (κ1) is 11.7. The third-order valence-electron chi connectivity index (χ3n) is 2.39.